The molecule has 0 bridgehead atoms. The van der Waals surface area contributed by atoms with Crippen LogP contribution in [0.2, 0.25) is 0 Å². The van der Waals surface area contributed by atoms with Gasteiger partial charge < -0.3 is 10.0 Å². The van der Waals surface area contributed by atoms with E-state index < -0.39 is 11.9 Å². The van der Waals surface area contributed by atoms with Crippen LogP contribution in [0.5, 0.6) is 0 Å². The normalized spacial score (nSPS) is 33.7. The maximum Gasteiger partial charge on any atom is 0.307 e. The number of carbonyl (C=O) groups excluding carboxylic acids is 1. The fraction of sp³-hybridized carbons (Fsp3) is 0.833. The number of nitrogens with zero attached hydrogens (tertiary/aromatic N) is 1. The van der Waals surface area contributed by atoms with Crippen molar-refractivity contribution in [2.24, 2.45) is 17.8 Å². The molecule has 2 fully saturated rings. The summed E-state index contributed by atoms with van der Waals surface area (Å²) in [6.07, 6.45) is 2.35. The maximum absolute atomic E-state index is 12.3. The zero-order valence-electron chi connectivity index (χ0n) is 10.1. The van der Waals surface area contributed by atoms with Crippen molar-refractivity contribution in [2.45, 2.75) is 26.2 Å². The molecule has 5 heteroatoms. The number of carboxylic acid groups (broad SMARTS) is 1. The monoisotopic (exact) mass is 257 g/mol. The van der Waals surface area contributed by atoms with Gasteiger partial charge in [0.1, 0.15) is 0 Å². The van der Waals surface area contributed by atoms with Gasteiger partial charge in [-0.2, -0.15) is 0 Å². The summed E-state index contributed by atoms with van der Waals surface area (Å²) in [4.78, 5) is 25.3. The summed E-state index contributed by atoms with van der Waals surface area (Å²) in [5.74, 6) is 0.632. The Morgan fingerprint density at radius 3 is 2.65 bits per heavy atom. The van der Waals surface area contributed by atoms with Crippen LogP contribution >= 0.6 is 11.8 Å². The van der Waals surface area contributed by atoms with Gasteiger partial charge in [-0.1, -0.05) is 6.92 Å². The van der Waals surface area contributed by atoms with Crippen LogP contribution in [-0.2, 0) is 9.59 Å². The average Bonchev–Trinajstić information content (AvgIpc) is 2.81. The lowest BCUT2D eigenvalue weighted by Gasteiger charge is -2.33. The zero-order chi connectivity index (χ0) is 12.4. The number of hydrogen-bond donors (Lipinski definition) is 1. The molecule has 4 nitrogen and oxygen atoms in total. The Labute approximate surface area is 106 Å². The lowest BCUT2D eigenvalue weighted by molar-refractivity contribution is -0.152. The first kappa shape index (κ1) is 12.7. The highest BCUT2D eigenvalue weighted by atomic mass is 32.2. The number of thioether (sulfide) groups is 1. The third-order valence-electron chi connectivity index (χ3n) is 3.81. The summed E-state index contributed by atoms with van der Waals surface area (Å²) in [7, 11) is 0. The van der Waals surface area contributed by atoms with E-state index in [1.807, 2.05) is 4.90 Å². The second-order valence-corrected chi connectivity index (χ2v) is 6.18. The molecule has 0 radical (unpaired) electrons. The van der Waals surface area contributed by atoms with Crippen LogP contribution in [0.4, 0.5) is 0 Å². The van der Waals surface area contributed by atoms with Crippen molar-refractivity contribution in [3.8, 4) is 0 Å². The molecule has 96 valence electrons. The van der Waals surface area contributed by atoms with Gasteiger partial charge in [0.15, 0.2) is 0 Å². The van der Waals surface area contributed by atoms with Crippen molar-refractivity contribution in [3.63, 3.8) is 0 Å². The number of carbonyl (C=O) groups is 2. The van der Waals surface area contributed by atoms with Crippen LogP contribution in [0, 0.1) is 17.8 Å². The first-order valence-electron chi connectivity index (χ1n) is 6.19. The molecule has 1 N–H and O–H groups in total. The molecule has 1 heterocycles. The van der Waals surface area contributed by atoms with Crippen LogP contribution in [0.25, 0.3) is 0 Å². The Hall–Kier alpha value is -0.710. The van der Waals surface area contributed by atoms with Gasteiger partial charge >= 0.3 is 5.97 Å². The Kier molecular flexibility index (Phi) is 3.97. The molecular formula is C12H19NO3S. The smallest absolute Gasteiger partial charge is 0.307 e. The fourth-order valence-corrected chi connectivity index (χ4v) is 3.73. The van der Waals surface area contributed by atoms with Gasteiger partial charge in [-0.15, -0.1) is 11.8 Å². The van der Waals surface area contributed by atoms with Gasteiger partial charge in [0.05, 0.1) is 17.7 Å². The molecule has 3 unspecified atom stereocenters. The van der Waals surface area contributed by atoms with Crippen LogP contribution in [0.1, 0.15) is 26.2 Å². The Morgan fingerprint density at radius 1 is 1.29 bits per heavy atom. The highest BCUT2D eigenvalue weighted by molar-refractivity contribution is 7.99. The third kappa shape index (κ3) is 2.76. The summed E-state index contributed by atoms with van der Waals surface area (Å²) < 4.78 is 0. The summed E-state index contributed by atoms with van der Waals surface area (Å²) in [6, 6.07) is 0. The van der Waals surface area contributed by atoms with E-state index >= 15 is 0 Å². The minimum absolute atomic E-state index is 0.0642. The van der Waals surface area contributed by atoms with E-state index in [2.05, 4.69) is 6.92 Å². The Balaban J connectivity index is 2.06. The quantitative estimate of drug-likeness (QED) is 0.817. The van der Waals surface area contributed by atoms with Gasteiger partial charge in [-0.05, 0) is 25.2 Å². The van der Waals surface area contributed by atoms with E-state index in [0.717, 1.165) is 31.0 Å². The molecule has 3 atom stereocenters. The number of rotatable bonds is 2. The Morgan fingerprint density at radius 2 is 2.06 bits per heavy atom. The van der Waals surface area contributed by atoms with Gasteiger partial charge in [0.2, 0.25) is 5.91 Å². The highest BCUT2D eigenvalue weighted by Gasteiger charge is 2.40. The molecule has 2 aliphatic rings. The highest BCUT2D eigenvalue weighted by Crippen LogP contribution is 2.35. The van der Waals surface area contributed by atoms with Crippen molar-refractivity contribution in [3.05, 3.63) is 0 Å². The predicted octanol–water partition coefficient (Wildman–Crippen LogP) is 1.66. The van der Waals surface area contributed by atoms with Crippen LogP contribution in [0.15, 0.2) is 0 Å². The SMILES string of the molecule is CC1CCC(C(=O)N2CCSC2)C(C(=O)O)C1. The maximum atomic E-state index is 12.3. The number of amides is 1. The minimum Gasteiger partial charge on any atom is -0.481 e. The van der Waals surface area contributed by atoms with E-state index in [1.54, 1.807) is 11.8 Å². The number of aliphatic carboxylic acids is 1. The van der Waals surface area contributed by atoms with Crippen molar-refractivity contribution in [2.75, 3.05) is 18.2 Å². The number of carboxylic acids is 1. The molecule has 1 saturated carbocycles. The molecule has 1 aliphatic heterocycles. The first-order valence-corrected chi connectivity index (χ1v) is 7.34. The molecular weight excluding hydrogens is 238 g/mol. The molecule has 0 aromatic heterocycles. The van der Waals surface area contributed by atoms with Crippen LogP contribution in [-0.4, -0.2) is 40.1 Å². The first-order chi connectivity index (χ1) is 8.09. The predicted molar refractivity (Wildman–Crippen MR) is 66.7 cm³/mol. The molecule has 0 aromatic rings. The van der Waals surface area contributed by atoms with Crippen molar-refractivity contribution >= 4 is 23.6 Å². The van der Waals surface area contributed by atoms with E-state index in [1.165, 1.54) is 0 Å². The van der Waals surface area contributed by atoms with E-state index in [4.69, 9.17) is 0 Å². The van der Waals surface area contributed by atoms with E-state index in [0.29, 0.717) is 12.3 Å². The topological polar surface area (TPSA) is 57.6 Å². The molecule has 1 amide bonds. The van der Waals surface area contributed by atoms with Gasteiger partial charge in [0, 0.05) is 12.3 Å². The molecule has 0 aromatic carbocycles. The van der Waals surface area contributed by atoms with Crippen LogP contribution in [0.3, 0.4) is 0 Å². The van der Waals surface area contributed by atoms with E-state index in [-0.39, 0.29) is 11.8 Å². The van der Waals surface area contributed by atoms with Crippen molar-refractivity contribution in [1.82, 2.24) is 4.90 Å². The Bertz CT molecular complexity index is 315. The van der Waals surface area contributed by atoms with Crippen molar-refractivity contribution < 1.29 is 14.7 Å². The lowest BCUT2D eigenvalue weighted by atomic mass is 9.74. The minimum atomic E-state index is -0.804. The second kappa shape index (κ2) is 5.29. The summed E-state index contributed by atoms with van der Waals surface area (Å²) in [5, 5.41) is 9.24. The molecule has 2 rings (SSSR count). The van der Waals surface area contributed by atoms with Gasteiger partial charge in [0.25, 0.3) is 0 Å². The lowest BCUT2D eigenvalue weighted by Crippen LogP contribution is -2.42. The summed E-state index contributed by atoms with van der Waals surface area (Å²) >= 11 is 1.74. The average molecular weight is 257 g/mol. The third-order valence-corrected chi connectivity index (χ3v) is 4.78. The summed E-state index contributed by atoms with van der Waals surface area (Å²) in [5.41, 5.74) is 0. The molecule has 17 heavy (non-hydrogen) atoms. The largest absolute Gasteiger partial charge is 0.481 e. The fourth-order valence-electron chi connectivity index (χ4n) is 2.77. The zero-order valence-corrected chi connectivity index (χ0v) is 10.9. The number of hydrogen-bond acceptors (Lipinski definition) is 3. The molecule has 1 saturated heterocycles. The van der Waals surface area contributed by atoms with E-state index in [9.17, 15) is 14.7 Å². The van der Waals surface area contributed by atoms with Gasteiger partial charge in [-0.3, -0.25) is 9.59 Å². The summed E-state index contributed by atoms with van der Waals surface area (Å²) in [6.45, 7) is 2.85. The molecule has 1 aliphatic carbocycles. The van der Waals surface area contributed by atoms with Crippen LogP contribution < -0.4 is 0 Å². The standard InChI is InChI=1S/C12H19NO3S/c1-8-2-3-9(10(6-8)12(15)16)11(14)13-4-5-17-7-13/h8-10H,2-7H2,1H3,(H,15,16). The molecule has 0 spiro atoms. The van der Waals surface area contributed by atoms with Gasteiger partial charge in [-0.25, -0.2) is 0 Å². The second-order valence-electron chi connectivity index (χ2n) is 5.11. The van der Waals surface area contributed by atoms with Crippen molar-refractivity contribution in [1.29, 1.82) is 0 Å².